The zero-order valence-electron chi connectivity index (χ0n) is 10.7. The Morgan fingerprint density at radius 1 is 1.10 bits per heavy atom. The lowest BCUT2D eigenvalue weighted by Gasteiger charge is -2.04. The average Bonchev–Trinajstić information content (AvgIpc) is 2.71. The summed E-state index contributed by atoms with van der Waals surface area (Å²) in [6, 6.07) is 11.1. The Bertz CT molecular complexity index is 747. The Morgan fingerprint density at radius 2 is 1.75 bits per heavy atom. The molecule has 1 aliphatic carbocycles. The van der Waals surface area contributed by atoms with Crippen LogP contribution in [-0.4, -0.2) is 18.2 Å². The first kappa shape index (κ1) is 12.8. The summed E-state index contributed by atoms with van der Waals surface area (Å²) in [5, 5.41) is 9.66. The van der Waals surface area contributed by atoms with E-state index in [4.69, 9.17) is 21.4 Å². The predicted molar refractivity (Wildman–Crippen MR) is 78.2 cm³/mol. The van der Waals surface area contributed by atoms with Gasteiger partial charge in [-0.15, -0.1) is 0 Å². The fourth-order valence-corrected chi connectivity index (χ4v) is 2.68. The van der Waals surface area contributed by atoms with Crippen molar-refractivity contribution < 1.29 is 14.6 Å². The summed E-state index contributed by atoms with van der Waals surface area (Å²) in [5.74, 6) is -0.291. The molecule has 0 aromatic heterocycles. The minimum absolute atomic E-state index is 0.583. The molecule has 0 bridgehead atoms. The fraction of sp³-hybridized carbons (Fsp3) is 0.0625. The lowest BCUT2D eigenvalue weighted by atomic mass is 10.0. The van der Waals surface area contributed by atoms with Crippen LogP contribution in [0.2, 0.25) is 5.02 Å². The van der Waals surface area contributed by atoms with Crippen molar-refractivity contribution in [2.75, 3.05) is 7.11 Å². The van der Waals surface area contributed by atoms with Gasteiger partial charge in [-0.3, -0.25) is 0 Å². The molecule has 0 heterocycles. The van der Waals surface area contributed by atoms with E-state index >= 15 is 0 Å². The molecule has 0 spiro atoms. The summed E-state index contributed by atoms with van der Waals surface area (Å²) < 4.78 is 5.21. The number of hydrogen-bond acceptors (Lipinski definition) is 2. The number of fused-ring (bicyclic) bond motifs is 3. The van der Waals surface area contributed by atoms with E-state index in [-0.39, 0.29) is 0 Å². The van der Waals surface area contributed by atoms with Crippen molar-refractivity contribution in [3.05, 3.63) is 58.6 Å². The Balaban J connectivity index is 2.31. The van der Waals surface area contributed by atoms with Crippen molar-refractivity contribution in [3.63, 3.8) is 0 Å². The third kappa shape index (κ3) is 1.96. The van der Waals surface area contributed by atoms with Gasteiger partial charge in [0, 0.05) is 11.1 Å². The second kappa shape index (κ2) is 4.69. The molecule has 0 saturated carbocycles. The molecule has 1 N–H and O–H groups in total. The summed E-state index contributed by atoms with van der Waals surface area (Å²) in [6.45, 7) is 0. The second-order valence-corrected chi connectivity index (χ2v) is 4.93. The second-order valence-electron chi connectivity index (χ2n) is 4.50. The van der Waals surface area contributed by atoms with Crippen LogP contribution in [0.5, 0.6) is 5.75 Å². The zero-order chi connectivity index (χ0) is 14.3. The van der Waals surface area contributed by atoms with Crippen LogP contribution in [0.15, 0.2) is 42.5 Å². The number of benzene rings is 2. The van der Waals surface area contributed by atoms with Gasteiger partial charge < -0.3 is 9.84 Å². The van der Waals surface area contributed by atoms with Crippen LogP contribution in [-0.2, 0) is 4.79 Å². The number of carboxylic acid groups (broad SMARTS) is 1. The highest BCUT2D eigenvalue weighted by Gasteiger charge is 2.24. The minimum atomic E-state index is -0.985. The van der Waals surface area contributed by atoms with Crippen molar-refractivity contribution >= 4 is 23.1 Å². The smallest absolute Gasteiger partial charge is 0.328 e. The highest BCUT2D eigenvalue weighted by atomic mass is 35.5. The molecular formula is C16H11ClO3. The van der Waals surface area contributed by atoms with Gasteiger partial charge in [0.25, 0.3) is 0 Å². The maximum atomic E-state index is 11.1. The van der Waals surface area contributed by atoms with Crippen molar-refractivity contribution in [2.24, 2.45) is 0 Å². The molecule has 0 unspecified atom stereocenters. The first-order valence-corrected chi connectivity index (χ1v) is 6.41. The average molecular weight is 287 g/mol. The topological polar surface area (TPSA) is 46.5 Å². The molecular weight excluding hydrogens is 276 g/mol. The molecule has 0 atom stereocenters. The summed E-state index contributed by atoms with van der Waals surface area (Å²) >= 11 is 6.03. The van der Waals surface area contributed by atoms with Crippen LogP contribution in [0.3, 0.4) is 0 Å². The van der Waals surface area contributed by atoms with E-state index in [9.17, 15) is 4.79 Å². The number of carbonyl (C=O) groups is 1. The first-order chi connectivity index (χ1) is 9.60. The lowest BCUT2D eigenvalue weighted by Crippen LogP contribution is -1.92. The zero-order valence-corrected chi connectivity index (χ0v) is 11.4. The van der Waals surface area contributed by atoms with Gasteiger partial charge >= 0.3 is 5.97 Å². The summed E-state index contributed by atoms with van der Waals surface area (Å²) in [6.07, 6.45) is 1.21. The third-order valence-corrected chi connectivity index (χ3v) is 3.58. The lowest BCUT2D eigenvalue weighted by molar-refractivity contribution is -0.131. The molecule has 0 radical (unpaired) electrons. The van der Waals surface area contributed by atoms with Gasteiger partial charge in [0.2, 0.25) is 0 Å². The van der Waals surface area contributed by atoms with Crippen LogP contribution in [0.1, 0.15) is 11.1 Å². The van der Waals surface area contributed by atoms with Gasteiger partial charge in [-0.25, -0.2) is 4.79 Å². The van der Waals surface area contributed by atoms with E-state index in [0.29, 0.717) is 16.3 Å². The fourth-order valence-electron chi connectivity index (χ4n) is 2.51. The van der Waals surface area contributed by atoms with Crippen molar-refractivity contribution in [3.8, 4) is 16.9 Å². The van der Waals surface area contributed by atoms with Gasteiger partial charge in [-0.05, 0) is 52.1 Å². The van der Waals surface area contributed by atoms with Gasteiger partial charge in [0.15, 0.2) is 0 Å². The molecule has 4 heteroatoms. The van der Waals surface area contributed by atoms with Gasteiger partial charge in [-0.1, -0.05) is 23.7 Å². The summed E-state index contributed by atoms with van der Waals surface area (Å²) in [7, 11) is 1.58. The van der Waals surface area contributed by atoms with Crippen molar-refractivity contribution in [1.29, 1.82) is 0 Å². The molecule has 1 aliphatic rings. The normalized spacial score (nSPS) is 14.0. The van der Waals surface area contributed by atoms with Gasteiger partial charge in [0.1, 0.15) is 5.75 Å². The van der Waals surface area contributed by atoms with Crippen LogP contribution in [0.4, 0.5) is 0 Å². The Labute approximate surface area is 121 Å². The number of rotatable bonds is 2. The molecule has 3 nitrogen and oxygen atoms in total. The molecule has 0 fully saturated rings. The van der Waals surface area contributed by atoms with Gasteiger partial charge in [0.05, 0.1) is 7.11 Å². The van der Waals surface area contributed by atoms with E-state index in [1.165, 1.54) is 6.08 Å². The maximum absolute atomic E-state index is 11.1. The number of ether oxygens (including phenoxy) is 1. The summed E-state index contributed by atoms with van der Waals surface area (Å²) in [5.41, 5.74) is 4.32. The molecule has 2 aromatic carbocycles. The Hall–Kier alpha value is -2.26. The molecule has 0 aliphatic heterocycles. The molecule has 0 saturated heterocycles. The molecule has 100 valence electrons. The highest BCUT2D eigenvalue weighted by Crippen LogP contribution is 2.46. The quantitative estimate of drug-likeness (QED) is 0.728. The van der Waals surface area contributed by atoms with Crippen LogP contribution in [0, 0.1) is 0 Å². The number of halogens is 1. The Kier molecular flexibility index (Phi) is 2.99. The van der Waals surface area contributed by atoms with E-state index in [0.717, 1.165) is 22.3 Å². The van der Waals surface area contributed by atoms with E-state index in [1.54, 1.807) is 19.2 Å². The molecule has 2 aromatic rings. The predicted octanol–water partition coefficient (Wildman–Crippen LogP) is 3.85. The Morgan fingerprint density at radius 3 is 2.40 bits per heavy atom. The number of hydrogen-bond donors (Lipinski definition) is 1. The number of carboxylic acids is 1. The van der Waals surface area contributed by atoms with Crippen LogP contribution < -0.4 is 4.74 Å². The van der Waals surface area contributed by atoms with Crippen molar-refractivity contribution in [2.45, 2.75) is 0 Å². The number of aliphatic carboxylic acids is 1. The molecule has 3 rings (SSSR count). The number of methoxy groups -OCH3 is 1. The van der Waals surface area contributed by atoms with E-state index in [1.807, 2.05) is 24.3 Å². The largest absolute Gasteiger partial charge is 0.497 e. The van der Waals surface area contributed by atoms with Gasteiger partial charge in [-0.2, -0.15) is 0 Å². The maximum Gasteiger partial charge on any atom is 0.328 e. The van der Waals surface area contributed by atoms with Crippen LogP contribution in [0.25, 0.3) is 16.7 Å². The van der Waals surface area contributed by atoms with E-state index in [2.05, 4.69) is 0 Å². The monoisotopic (exact) mass is 286 g/mol. The first-order valence-electron chi connectivity index (χ1n) is 6.03. The molecule has 20 heavy (non-hydrogen) atoms. The SMILES string of the molecule is COc1ccc2c(c1)/C(=C/C(=O)O)c1cc(Cl)ccc1-2. The van der Waals surface area contributed by atoms with E-state index < -0.39 is 5.97 Å². The third-order valence-electron chi connectivity index (χ3n) is 3.35. The highest BCUT2D eigenvalue weighted by molar-refractivity contribution is 6.31. The van der Waals surface area contributed by atoms with Crippen molar-refractivity contribution in [1.82, 2.24) is 0 Å². The summed E-state index contributed by atoms with van der Waals surface area (Å²) in [4.78, 5) is 11.1. The minimum Gasteiger partial charge on any atom is -0.497 e. The van der Waals surface area contributed by atoms with Crippen LogP contribution >= 0.6 is 11.6 Å². The molecule has 0 amide bonds. The standard InChI is InChI=1S/C16H11ClO3/c1-20-10-3-5-12-11-4-2-9(17)6-13(11)15(8-16(18)19)14(12)7-10/h2-8H,1H3,(H,18,19)/b15-8+.